The molecule has 0 aliphatic carbocycles. The van der Waals surface area contributed by atoms with E-state index in [2.05, 4.69) is 0 Å². The van der Waals surface area contributed by atoms with Crippen molar-refractivity contribution in [3.8, 4) is 0 Å². The second kappa shape index (κ2) is 12.7. The highest BCUT2D eigenvalue weighted by Gasteiger charge is 2.19. The van der Waals surface area contributed by atoms with Gasteiger partial charge in [-0.25, -0.2) is 0 Å². The fraction of sp³-hybridized carbons (Fsp3) is 0.800. The van der Waals surface area contributed by atoms with Gasteiger partial charge in [0.1, 0.15) is 11.7 Å². The normalized spacial score (nSPS) is 11.0. The van der Waals surface area contributed by atoms with Crippen LogP contribution in [-0.4, -0.2) is 46.0 Å². The van der Waals surface area contributed by atoms with E-state index in [1.807, 2.05) is 13.8 Å². The Morgan fingerprint density at radius 1 is 1.19 bits per heavy atom. The van der Waals surface area contributed by atoms with E-state index in [1.165, 1.54) is 6.92 Å². The average molecular weight is 247 g/mol. The van der Waals surface area contributed by atoms with Crippen LogP contribution >= 0.6 is 0 Å². The monoisotopic (exact) mass is 247 g/mol. The van der Waals surface area contributed by atoms with Crippen LogP contribution in [0.5, 0.6) is 0 Å². The van der Waals surface area contributed by atoms with Crippen LogP contribution in [0.15, 0.2) is 0 Å². The summed E-state index contributed by atoms with van der Waals surface area (Å²) in [4.78, 5) is 20.6. The van der Waals surface area contributed by atoms with Gasteiger partial charge in [0, 0.05) is 13.2 Å². The number of carbonyl (C=O) groups excluding carboxylic acids is 1. The zero-order valence-electron chi connectivity index (χ0n) is 10.4. The maximum atomic E-state index is 10.4. The van der Waals surface area contributed by atoms with Crippen LogP contribution in [0.2, 0.25) is 0 Å². The van der Waals surface area contributed by atoms with E-state index < -0.39 is 11.9 Å². The minimum Gasteiger partial charge on any atom is -0.484 e. The number of ketones is 1. The van der Waals surface area contributed by atoms with Gasteiger partial charge in [0.05, 0.1) is 0 Å². The van der Waals surface area contributed by atoms with Gasteiger partial charge in [-0.15, -0.1) is 0 Å². The molecule has 0 aromatic rings. The second-order valence-corrected chi connectivity index (χ2v) is 3.78. The van der Waals surface area contributed by atoms with Crippen molar-refractivity contribution in [1.29, 1.82) is 0 Å². The molecule has 1 atom stereocenters. The fourth-order valence-corrected chi connectivity index (χ4v) is 1.19. The van der Waals surface area contributed by atoms with Crippen molar-refractivity contribution in [2.24, 2.45) is 5.92 Å². The Morgan fingerprint density at radius 2 is 1.62 bits per heavy atom. The quantitative estimate of drug-likeness (QED) is 0.417. The number of aliphatic carboxylic acids is 1. The average Bonchev–Trinajstić information content (AvgIpc) is 2.19. The molecule has 6 heteroatoms. The summed E-state index contributed by atoms with van der Waals surface area (Å²) in [5.41, 5.74) is 0. The second-order valence-electron chi connectivity index (χ2n) is 2.92. The summed E-state index contributed by atoms with van der Waals surface area (Å²) in [6.45, 7) is 8.45. The van der Waals surface area contributed by atoms with Crippen LogP contribution in [0.4, 0.5) is 0 Å². The van der Waals surface area contributed by atoms with Crippen molar-refractivity contribution in [3.63, 3.8) is 0 Å². The minimum atomic E-state index is -1.02. The lowest BCUT2D eigenvalue weighted by atomic mass is 10.0. The summed E-state index contributed by atoms with van der Waals surface area (Å²) in [6.07, 6.45) is 0.380. The molecule has 0 aromatic carbocycles. The van der Waals surface area contributed by atoms with Crippen molar-refractivity contribution >= 4 is 27.6 Å². The first-order valence-corrected chi connectivity index (χ1v) is 6.23. The number of hydrogen-bond donors (Lipinski definition) is 1. The third kappa shape index (κ3) is 11.7. The molecule has 93 valence electrons. The Bertz CT molecular complexity index is 178. The van der Waals surface area contributed by atoms with E-state index in [4.69, 9.17) is 12.7 Å². The first-order valence-electron chi connectivity index (χ1n) is 5.29. The zero-order valence-corrected chi connectivity index (χ0v) is 11.5. The summed E-state index contributed by atoms with van der Waals surface area (Å²) in [5, 5.41) is 8.32. The minimum absolute atomic E-state index is 0.178. The van der Waals surface area contributed by atoms with Crippen LogP contribution in [0.25, 0.3) is 0 Å². The molecule has 0 spiro atoms. The number of Topliss-reactive ketones (excluding diaryl/α,β-unsaturated/α-hetero) is 1. The van der Waals surface area contributed by atoms with E-state index in [-0.39, 0.29) is 21.7 Å². The summed E-state index contributed by atoms with van der Waals surface area (Å²) in [5.74, 6) is -2.10. The van der Waals surface area contributed by atoms with E-state index in [1.54, 1.807) is 6.92 Å². The van der Waals surface area contributed by atoms with Crippen LogP contribution in [-0.2, 0) is 17.2 Å². The molecule has 0 bridgehead atoms. The summed E-state index contributed by atoms with van der Waals surface area (Å²) in [7, 11) is 0. The van der Waals surface area contributed by atoms with Crippen LogP contribution in [0.1, 0.15) is 34.1 Å². The maximum Gasteiger partial charge on any atom is 0.668 e. The van der Waals surface area contributed by atoms with Crippen molar-refractivity contribution < 1.29 is 22.3 Å². The van der Waals surface area contributed by atoms with Gasteiger partial charge in [-0.2, -0.15) is 0 Å². The lowest BCUT2D eigenvalue weighted by Gasteiger charge is -2.01. The standard InChI is InChI=1S/C6H10O3.2C2H5O.Al/c1-3-5(4(2)7)6(8)9;2*1-2-3;/h5H,3H2,1-2H3,(H,8,9);2*2H2,1H3;/q;2*-1;+2. The summed E-state index contributed by atoms with van der Waals surface area (Å²) >= 11 is -0.178. The van der Waals surface area contributed by atoms with Crippen molar-refractivity contribution in [2.45, 2.75) is 34.1 Å². The molecule has 0 aromatic heterocycles. The molecule has 0 heterocycles. The van der Waals surface area contributed by atoms with Crippen LogP contribution in [0.3, 0.4) is 0 Å². The Labute approximate surface area is 104 Å². The van der Waals surface area contributed by atoms with Crippen molar-refractivity contribution in [2.75, 3.05) is 13.2 Å². The highest BCUT2D eigenvalue weighted by atomic mass is 27.2. The van der Waals surface area contributed by atoms with Gasteiger partial charge in [0.2, 0.25) is 0 Å². The fourth-order valence-electron chi connectivity index (χ4n) is 0.820. The Hall–Kier alpha value is -0.408. The number of carboxylic acids is 1. The SMILES string of the molecule is CCC(C(C)=O)C(=O)O.CC[O][Al][O]CC. The van der Waals surface area contributed by atoms with Gasteiger partial charge in [-0.1, -0.05) is 6.92 Å². The van der Waals surface area contributed by atoms with Gasteiger partial charge in [0.25, 0.3) is 0 Å². The lowest BCUT2D eigenvalue weighted by Crippen LogP contribution is -2.19. The number of rotatable bonds is 7. The smallest absolute Gasteiger partial charge is 0.484 e. The lowest BCUT2D eigenvalue weighted by molar-refractivity contribution is -0.145. The molecular formula is C10H20AlO5. The van der Waals surface area contributed by atoms with Gasteiger partial charge < -0.3 is 12.7 Å². The van der Waals surface area contributed by atoms with E-state index in [0.29, 0.717) is 6.42 Å². The summed E-state index contributed by atoms with van der Waals surface area (Å²) in [6, 6.07) is 0. The molecule has 5 nitrogen and oxygen atoms in total. The number of carbonyl (C=O) groups is 2. The van der Waals surface area contributed by atoms with Crippen LogP contribution in [0, 0.1) is 5.92 Å². The van der Waals surface area contributed by atoms with Gasteiger partial charge in [-0.3, -0.25) is 9.59 Å². The van der Waals surface area contributed by atoms with Gasteiger partial charge in [0.15, 0.2) is 0 Å². The number of hydrogen-bond acceptors (Lipinski definition) is 4. The van der Waals surface area contributed by atoms with Crippen molar-refractivity contribution in [3.05, 3.63) is 0 Å². The molecule has 0 rings (SSSR count). The van der Waals surface area contributed by atoms with Gasteiger partial charge in [-0.05, 0) is 27.2 Å². The molecule has 1 radical (unpaired) electrons. The zero-order chi connectivity index (χ0) is 13.0. The number of carboxylic acid groups (broad SMARTS) is 1. The van der Waals surface area contributed by atoms with E-state index >= 15 is 0 Å². The van der Waals surface area contributed by atoms with E-state index in [0.717, 1.165) is 13.2 Å². The third-order valence-electron chi connectivity index (χ3n) is 1.67. The van der Waals surface area contributed by atoms with Crippen LogP contribution < -0.4 is 0 Å². The molecule has 1 unspecified atom stereocenters. The largest absolute Gasteiger partial charge is 0.668 e. The predicted octanol–water partition coefficient (Wildman–Crippen LogP) is 1.28. The maximum absolute atomic E-state index is 10.4. The molecule has 16 heavy (non-hydrogen) atoms. The predicted molar refractivity (Wildman–Crippen MR) is 61.1 cm³/mol. The summed E-state index contributed by atoms with van der Waals surface area (Å²) < 4.78 is 9.87. The Balaban J connectivity index is 0. The van der Waals surface area contributed by atoms with E-state index in [9.17, 15) is 9.59 Å². The molecule has 0 saturated heterocycles. The Kier molecular flexibility index (Phi) is 14.2. The molecule has 0 amide bonds. The molecule has 0 aliphatic heterocycles. The van der Waals surface area contributed by atoms with Gasteiger partial charge >= 0.3 is 21.9 Å². The topological polar surface area (TPSA) is 72.8 Å². The highest BCUT2D eigenvalue weighted by molar-refractivity contribution is 6.17. The highest BCUT2D eigenvalue weighted by Crippen LogP contribution is 2.02. The van der Waals surface area contributed by atoms with Crippen molar-refractivity contribution in [1.82, 2.24) is 0 Å². The molecule has 0 saturated carbocycles. The third-order valence-corrected chi connectivity index (χ3v) is 2.61. The molecule has 0 aliphatic rings. The molecule has 1 N–H and O–H groups in total. The first-order chi connectivity index (χ1) is 7.51. The Morgan fingerprint density at radius 3 is 1.75 bits per heavy atom. The first kappa shape index (κ1) is 18.0. The molecule has 0 fully saturated rings. The molecular weight excluding hydrogens is 227 g/mol.